The van der Waals surface area contributed by atoms with E-state index in [1.807, 2.05) is 0 Å². The van der Waals surface area contributed by atoms with Gasteiger partial charge in [0.1, 0.15) is 48.8 Å². The molecule has 0 aliphatic carbocycles. The van der Waals surface area contributed by atoms with Crippen molar-refractivity contribution in [3.05, 3.63) is 0 Å². The Morgan fingerprint density at radius 2 is 1.23 bits per heavy atom. The van der Waals surface area contributed by atoms with Crippen LogP contribution in [-0.4, -0.2) is 121 Å². The molecule has 0 aromatic carbocycles. The molecular formula is C15H28O11. The number of ether oxygens (including phenoxy) is 6. The van der Waals surface area contributed by atoms with E-state index in [0.717, 1.165) is 0 Å². The summed E-state index contributed by atoms with van der Waals surface area (Å²) in [5.74, 6) is 0. The first kappa shape index (κ1) is 21.9. The molecule has 2 rings (SSSR count). The molecule has 0 spiro atoms. The first-order valence-corrected chi connectivity index (χ1v) is 8.24. The van der Waals surface area contributed by atoms with Crippen LogP contribution in [-0.2, 0) is 28.4 Å². The molecule has 0 radical (unpaired) electrons. The largest absolute Gasteiger partial charge is 0.394 e. The number of methoxy groups -OCH3 is 3. The smallest absolute Gasteiger partial charge is 0.187 e. The van der Waals surface area contributed by atoms with Crippen molar-refractivity contribution in [3.63, 3.8) is 0 Å². The zero-order valence-corrected chi connectivity index (χ0v) is 14.9. The predicted molar refractivity (Wildman–Crippen MR) is 83.0 cm³/mol. The Kier molecular flexibility index (Phi) is 8.12. The van der Waals surface area contributed by atoms with Crippen molar-refractivity contribution in [3.8, 4) is 0 Å². The van der Waals surface area contributed by atoms with E-state index in [1.165, 1.54) is 21.3 Å². The van der Waals surface area contributed by atoms with Gasteiger partial charge in [-0.3, -0.25) is 0 Å². The molecule has 26 heavy (non-hydrogen) atoms. The van der Waals surface area contributed by atoms with Gasteiger partial charge in [-0.15, -0.1) is 0 Å². The molecule has 0 aromatic rings. The highest BCUT2D eigenvalue weighted by atomic mass is 16.7. The van der Waals surface area contributed by atoms with E-state index in [0.29, 0.717) is 0 Å². The van der Waals surface area contributed by atoms with Gasteiger partial charge in [0.05, 0.1) is 13.2 Å². The Morgan fingerprint density at radius 3 is 1.73 bits per heavy atom. The molecule has 11 nitrogen and oxygen atoms in total. The normalized spacial score (nSPS) is 47.1. The van der Waals surface area contributed by atoms with Crippen molar-refractivity contribution in [1.29, 1.82) is 0 Å². The van der Waals surface area contributed by atoms with E-state index in [9.17, 15) is 25.5 Å². The second kappa shape index (κ2) is 9.66. The third-order valence-corrected chi connectivity index (χ3v) is 4.69. The van der Waals surface area contributed by atoms with Gasteiger partial charge in [0.25, 0.3) is 0 Å². The summed E-state index contributed by atoms with van der Waals surface area (Å²) in [6.45, 7) is -1.03. The highest BCUT2D eigenvalue weighted by Gasteiger charge is 2.51. The van der Waals surface area contributed by atoms with Crippen LogP contribution in [0, 0.1) is 0 Å². The Labute approximate surface area is 150 Å². The van der Waals surface area contributed by atoms with Crippen LogP contribution in [0.1, 0.15) is 0 Å². The van der Waals surface area contributed by atoms with Crippen molar-refractivity contribution in [2.45, 2.75) is 61.4 Å². The number of hydrogen-bond donors (Lipinski definition) is 5. The average Bonchev–Trinajstić information content (AvgIpc) is 2.67. The van der Waals surface area contributed by atoms with Crippen LogP contribution in [0.3, 0.4) is 0 Å². The molecule has 2 heterocycles. The molecule has 2 aliphatic rings. The summed E-state index contributed by atoms with van der Waals surface area (Å²) in [5.41, 5.74) is 0. The quantitative estimate of drug-likeness (QED) is 0.298. The third-order valence-electron chi connectivity index (χ3n) is 4.69. The van der Waals surface area contributed by atoms with Crippen LogP contribution in [0.4, 0.5) is 0 Å². The minimum absolute atomic E-state index is 0.446. The lowest BCUT2D eigenvalue weighted by Gasteiger charge is -2.47. The summed E-state index contributed by atoms with van der Waals surface area (Å²) in [6, 6.07) is 0. The fourth-order valence-corrected chi connectivity index (χ4v) is 3.23. The molecule has 11 heteroatoms. The number of rotatable bonds is 7. The van der Waals surface area contributed by atoms with Gasteiger partial charge in [-0.05, 0) is 0 Å². The van der Waals surface area contributed by atoms with Crippen molar-refractivity contribution in [2.24, 2.45) is 0 Å². The molecule has 0 amide bonds. The molecule has 2 fully saturated rings. The second-order valence-electron chi connectivity index (χ2n) is 6.16. The van der Waals surface area contributed by atoms with Crippen LogP contribution < -0.4 is 0 Å². The average molecular weight is 384 g/mol. The Morgan fingerprint density at radius 1 is 0.654 bits per heavy atom. The van der Waals surface area contributed by atoms with E-state index in [4.69, 9.17) is 28.4 Å². The van der Waals surface area contributed by atoms with Gasteiger partial charge in [-0.2, -0.15) is 0 Å². The minimum Gasteiger partial charge on any atom is -0.394 e. The predicted octanol–water partition coefficient (Wildman–Crippen LogP) is -3.43. The Balaban J connectivity index is 2.20. The maximum atomic E-state index is 10.1. The second-order valence-corrected chi connectivity index (χ2v) is 6.16. The third kappa shape index (κ3) is 4.18. The van der Waals surface area contributed by atoms with E-state index in [1.54, 1.807) is 0 Å². The van der Waals surface area contributed by atoms with Crippen LogP contribution in [0.15, 0.2) is 0 Å². The number of aliphatic hydroxyl groups is 5. The van der Waals surface area contributed by atoms with Crippen molar-refractivity contribution < 1.29 is 54.0 Å². The first-order valence-electron chi connectivity index (χ1n) is 8.24. The highest BCUT2D eigenvalue weighted by Crippen LogP contribution is 2.31. The van der Waals surface area contributed by atoms with Gasteiger partial charge in [0.2, 0.25) is 0 Å². The van der Waals surface area contributed by atoms with E-state index in [2.05, 4.69) is 0 Å². The Bertz CT molecular complexity index is 422. The van der Waals surface area contributed by atoms with Crippen molar-refractivity contribution in [1.82, 2.24) is 0 Å². The van der Waals surface area contributed by atoms with E-state index in [-0.39, 0.29) is 0 Å². The number of hydrogen-bond acceptors (Lipinski definition) is 11. The van der Waals surface area contributed by atoms with Crippen LogP contribution in [0.25, 0.3) is 0 Å². The summed E-state index contributed by atoms with van der Waals surface area (Å²) in [5, 5.41) is 48.8. The van der Waals surface area contributed by atoms with E-state index >= 15 is 0 Å². The van der Waals surface area contributed by atoms with Crippen molar-refractivity contribution in [2.75, 3.05) is 34.5 Å². The standard InChI is InChI=1S/C15H28O11/c1-21-12-11(7(5-17)25-15(23-3)13(12)22-2)26-14-10(20)9(19)8(18)6(4-16)24-14/h6-20H,4-5H2,1-3H3/t6-,7-,8+,9+,10-,11+,12+,13-,14-,15-/m1/s1. The van der Waals surface area contributed by atoms with Crippen LogP contribution >= 0.6 is 0 Å². The summed E-state index contributed by atoms with van der Waals surface area (Å²) < 4.78 is 32.7. The molecular weight excluding hydrogens is 356 g/mol. The van der Waals surface area contributed by atoms with Gasteiger partial charge in [0.15, 0.2) is 12.6 Å². The fraction of sp³-hybridized carbons (Fsp3) is 1.00. The SMILES string of the molecule is CO[C@@H]1O[C@H](CO)[C@H](O[C@H]2O[C@H](CO)[C@H](O)[C@H](O)[C@H]2O)[C@H](OC)[C@H]1OC. The molecule has 2 aliphatic heterocycles. The summed E-state index contributed by atoms with van der Waals surface area (Å²) in [6.07, 6.45) is -11.4. The van der Waals surface area contributed by atoms with Gasteiger partial charge in [0, 0.05) is 21.3 Å². The van der Waals surface area contributed by atoms with Crippen LogP contribution in [0.2, 0.25) is 0 Å². The van der Waals surface area contributed by atoms with Crippen molar-refractivity contribution >= 4 is 0 Å². The molecule has 10 atom stereocenters. The molecule has 0 bridgehead atoms. The maximum Gasteiger partial charge on any atom is 0.187 e. The lowest BCUT2D eigenvalue weighted by atomic mass is 9.96. The molecule has 0 unspecified atom stereocenters. The lowest BCUT2D eigenvalue weighted by molar-refractivity contribution is -0.360. The highest BCUT2D eigenvalue weighted by molar-refractivity contribution is 4.95. The maximum absolute atomic E-state index is 10.1. The van der Waals surface area contributed by atoms with Gasteiger partial charge in [-0.1, -0.05) is 0 Å². The van der Waals surface area contributed by atoms with Gasteiger partial charge >= 0.3 is 0 Å². The van der Waals surface area contributed by atoms with Gasteiger partial charge in [-0.25, -0.2) is 0 Å². The monoisotopic (exact) mass is 384 g/mol. The summed E-state index contributed by atoms with van der Waals surface area (Å²) in [4.78, 5) is 0. The minimum atomic E-state index is -1.59. The molecule has 0 aromatic heterocycles. The first-order chi connectivity index (χ1) is 12.4. The fourth-order valence-electron chi connectivity index (χ4n) is 3.23. The zero-order chi connectivity index (χ0) is 19.4. The van der Waals surface area contributed by atoms with Crippen LogP contribution in [0.5, 0.6) is 0 Å². The lowest BCUT2D eigenvalue weighted by Crippen LogP contribution is -2.65. The van der Waals surface area contributed by atoms with Gasteiger partial charge < -0.3 is 54.0 Å². The number of aliphatic hydroxyl groups excluding tert-OH is 5. The molecule has 2 saturated heterocycles. The Hall–Kier alpha value is -0.440. The zero-order valence-electron chi connectivity index (χ0n) is 14.9. The summed E-state index contributed by atoms with van der Waals surface area (Å²) >= 11 is 0. The van der Waals surface area contributed by atoms with E-state index < -0.39 is 74.6 Å². The molecule has 5 N–H and O–H groups in total. The summed E-state index contributed by atoms with van der Waals surface area (Å²) in [7, 11) is 4.25. The topological polar surface area (TPSA) is 157 Å². The molecule has 154 valence electrons. The molecule has 0 saturated carbocycles.